The first kappa shape index (κ1) is 15.1. The fourth-order valence-electron chi connectivity index (χ4n) is 2.62. The monoisotopic (exact) mass is 332 g/mol. The number of hydrogen-bond donors (Lipinski definition) is 0. The number of benzene rings is 1. The SMILES string of the molecule is Cc1cccc(-n2ccc3nc(COc4ccccc4)cn3c2=O)n1. The van der Waals surface area contributed by atoms with Gasteiger partial charge in [-0.1, -0.05) is 24.3 Å². The number of rotatable bonds is 4. The van der Waals surface area contributed by atoms with Crippen LogP contribution >= 0.6 is 0 Å². The van der Waals surface area contributed by atoms with Gasteiger partial charge >= 0.3 is 5.69 Å². The number of hydrogen-bond acceptors (Lipinski definition) is 4. The van der Waals surface area contributed by atoms with Crippen LogP contribution in [-0.4, -0.2) is 18.9 Å². The summed E-state index contributed by atoms with van der Waals surface area (Å²) in [5.74, 6) is 1.35. The molecule has 0 radical (unpaired) electrons. The standard InChI is InChI=1S/C19H16N4O2/c1-14-6-5-9-17(20-14)22-11-10-18-21-15(12-23(18)19(22)24)13-25-16-7-3-2-4-8-16/h2-12H,13H2,1H3. The first-order valence-electron chi connectivity index (χ1n) is 7.92. The minimum Gasteiger partial charge on any atom is -0.487 e. The minimum atomic E-state index is -0.214. The Kier molecular flexibility index (Phi) is 3.78. The third-order valence-corrected chi connectivity index (χ3v) is 3.82. The molecule has 25 heavy (non-hydrogen) atoms. The first-order chi connectivity index (χ1) is 12.2. The van der Waals surface area contributed by atoms with Crippen molar-refractivity contribution in [3.8, 4) is 11.6 Å². The average molecular weight is 332 g/mol. The highest BCUT2D eigenvalue weighted by molar-refractivity contribution is 5.40. The molecule has 0 aliphatic rings. The number of fused-ring (bicyclic) bond motifs is 1. The Hall–Kier alpha value is -3.41. The largest absolute Gasteiger partial charge is 0.487 e. The van der Waals surface area contributed by atoms with Crippen LogP contribution in [0.2, 0.25) is 0 Å². The highest BCUT2D eigenvalue weighted by Crippen LogP contribution is 2.12. The van der Waals surface area contributed by atoms with Crippen molar-refractivity contribution < 1.29 is 4.74 Å². The van der Waals surface area contributed by atoms with Crippen LogP contribution in [0.15, 0.2) is 71.8 Å². The van der Waals surface area contributed by atoms with E-state index in [1.54, 1.807) is 24.5 Å². The molecule has 4 rings (SSSR count). The lowest BCUT2D eigenvalue weighted by Crippen LogP contribution is -2.24. The fourth-order valence-corrected chi connectivity index (χ4v) is 2.62. The van der Waals surface area contributed by atoms with E-state index in [2.05, 4.69) is 9.97 Å². The van der Waals surface area contributed by atoms with E-state index in [1.807, 2.05) is 49.4 Å². The van der Waals surface area contributed by atoms with Crippen LogP contribution in [0.3, 0.4) is 0 Å². The molecule has 0 fully saturated rings. The Labute approximate surface area is 144 Å². The molecular weight excluding hydrogens is 316 g/mol. The zero-order chi connectivity index (χ0) is 17.2. The van der Waals surface area contributed by atoms with Crippen molar-refractivity contribution in [2.24, 2.45) is 0 Å². The Morgan fingerprint density at radius 2 is 1.84 bits per heavy atom. The van der Waals surface area contributed by atoms with E-state index < -0.39 is 0 Å². The maximum absolute atomic E-state index is 12.7. The van der Waals surface area contributed by atoms with Crippen LogP contribution in [0.4, 0.5) is 0 Å². The topological polar surface area (TPSA) is 61.4 Å². The van der Waals surface area contributed by atoms with Crippen molar-refractivity contribution in [1.82, 2.24) is 18.9 Å². The van der Waals surface area contributed by atoms with Gasteiger partial charge in [-0.25, -0.2) is 14.8 Å². The van der Waals surface area contributed by atoms with Gasteiger partial charge in [-0.3, -0.25) is 8.97 Å². The van der Waals surface area contributed by atoms with Gasteiger partial charge in [0.25, 0.3) is 0 Å². The number of aryl methyl sites for hydroxylation is 1. The molecule has 6 heteroatoms. The predicted molar refractivity (Wildman–Crippen MR) is 94.1 cm³/mol. The molecule has 4 aromatic rings. The van der Waals surface area contributed by atoms with Crippen molar-refractivity contribution >= 4 is 5.65 Å². The normalized spacial score (nSPS) is 10.9. The van der Waals surface area contributed by atoms with Gasteiger partial charge in [0, 0.05) is 18.1 Å². The second kappa shape index (κ2) is 6.24. The predicted octanol–water partition coefficient (Wildman–Crippen LogP) is 2.77. The molecule has 0 bridgehead atoms. The Balaban J connectivity index is 1.67. The summed E-state index contributed by atoms with van der Waals surface area (Å²) in [6.45, 7) is 2.19. The number of pyridine rings is 1. The van der Waals surface area contributed by atoms with Crippen molar-refractivity contribution in [3.63, 3.8) is 0 Å². The van der Waals surface area contributed by atoms with Crippen molar-refractivity contribution in [2.75, 3.05) is 0 Å². The Bertz CT molecular complexity index is 1080. The van der Waals surface area contributed by atoms with Gasteiger partial charge in [-0.05, 0) is 37.3 Å². The number of imidazole rings is 1. The van der Waals surface area contributed by atoms with Crippen molar-refractivity contribution in [2.45, 2.75) is 13.5 Å². The fraction of sp³-hybridized carbons (Fsp3) is 0.105. The lowest BCUT2D eigenvalue weighted by Gasteiger charge is -2.05. The highest BCUT2D eigenvalue weighted by Gasteiger charge is 2.09. The second-order valence-corrected chi connectivity index (χ2v) is 5.67. The van der Waals surface area contributed by atoms with Crippen LogP contribution in [-0.2, 0) is 6.61 Å². The van der Waals surface area contributed by atoms with Gasteiger partial charge in [0.05, 0.1) is 5.69 Å². The Morgan fingerprint density at radius 1 is 1.00 bits per heavy atom. The third kappa shape index (κ3) is 3.01. The van der Waals surface area contributed by atoms with Crippen molar-refractivity contribution in [3.05, 3.63) is 88.9 Å². The molecule has 0 amide bonds. The van der Waals surface area contributed by atoms with E-state index in [4.69, 9.17) is 4.74 Å². The summed E-state index contributed by atoms with van der Waals surface area (Å²) < 4.78 is 8.71. The molecule has 1 aromatic carbocycles. The molecule has 0 aliphatic carbocycles. The van der Waals surface area contributed by atoms with Crippen molar-refractivity contribution in [1.29, 1.82) is 0 Å². The molecule has 124 valence electrons. The van der Waals surface area contributed by atoms with E-state index in [1.165, 1.54) is 8.97 Å². The molecule has 0 atom stereocenters. The summed E-state index contributed by atoms with van der Waals surface area (Å²) in [5.41, 5.74) is 1.91. The van der Waals surface area contributed by atoms with Gasteiger partial charge in [0.2, 0.25) is 0 Å². The maximum atomic E-state index is 12.7. The smallest absolute Gasteiger partial charge is 0.339 e. The summed E-state index contributed by atoms with van der Waals surface area (Å²) in [6, 6.07) is 16.9. The van der Waals surface area contributed by atoms with E-state index in [-0.39, 0.29) is 5.69 Å². The lowest BCUT2D eigenvalue weighted by molar-refractivity contribution is 0.302. The first-order valence-corrected chi connectivity index (χ1v) is 7.92. The molecule has 0 unspecified atom stereocenters. The van der Waals surface area contributed by atoms with Gasteiger partial charge < -0.3 is 4.74 Å². The zero-order valence-corrected chi connectivity index (χ0v) is 13.7. The number of ether oxygens (including phenoxy) is 1. The van der Waals surface area contributed by atoms with E-state index in [0.29, 0.717) is 23.8 Å². The highest BCUT2D eigenvalue weighted by atomic mass is 16.5. The van der Waals surface area contributed by atoms with E-state index in [9.17, 15) is 4.79 Å². The van der Waals surface area contributed by atoms with Crippen LogP contribution in [0, 0.1) is 6.92 Å². The molecule has 3 heterocycles. The van der Waals surface area contributed by atoms with Gasteiger partial charge in [-0.15, -0.1) is 0 Å². The molecule has 3 aromatic heterocycles. The zero-order valence-electron chi connectivity index (χ0n) is 13.7. The van der Waals surface area contributed by atoms with Gasteiger partial charge in [-0.2, -0.15) is 0 Å². The minimum absolute atomic E-state index is 0.214. The van der Waals surface area contributed by atoms with E-state index in [0.717, 1.165) is 11.4 Å². The molecule has 0 aliphatic heterocycles. The summed E-state index contributed by atoms with van der Waals surface area (Å²) in [7, 11) is 0. The van der Waals surface area contributed by atoms with E-state index >= 15 is 0 Å². The number of aromatic nitrogens is 4. The molecule has 0 N–H and O–H groups in total. The summed E-state index contributed by atoms with van der Waals surface area (Å²) in [5, 5.41) is 0. The molecular formula is C19H16N4O2. The number of nitrogens with zero attached hydrogens (tertiary/aromatic N) is 4. The van der Waals surface area contributed by atoms with Crippen LogP contribution in [0.25, 0.3) is 11.5 Å². The lowest BCUT2D eigenvalue weighted by atomic mass is 10.3. The summed E-state index contributed by atoms with van der Waals surface area (Å²) >= 11 is 0. The van der Waals surface area contributed by atoms with Crippen LogP contribution in [0.5, 0.6) is 5.75 Å². The number of para-hydroxylation sites is 1. The quantitative estimate of drug-likeness (QED) is 0.576. The summed E-state index contributed by atoms with van der Waals surface area (Å²) in [6.07, 6.45) is 3.39. The second-order valence-electron chi connectivity index (χ2n) is 5.67. The van der Waals surface area contributed by atoms with Crippen LogP contribution in [0.1, 0.15) is 11.4 Å². The third-order valence-electron chi connectivity index (χ3n) is 3.82. The molecule has 0 spiro atoms. The molecule has 0 saturated heterocycles. The average Bonchev–Trinajstić information content (AvgIpc) is 3.05. The van der Waals surface area contributed by atoms with Gasteiger partial charge in [0.15, 0.2) is 0 Å². The Morgan fingerprint density at radius 3 is 2.64 bits per heavy atom. The molecule has 6 nitrogen and oxygen atoms in total. The molecule has 0 saturated carbocycles. The maximum Gasteiger partial charge on any atom is 0.339 e. The summed E-state index contributed by atoms with van der Waals surface area (Å²) in [4.78, 5) is 21.6. The van der Waals surface area contributed by atoms with Gasteiger partial charge in [0.1, 0.15) is 23.8 Å². The van der Waals surface area contributed by atoms with Crippen LogP contribution < -0.4 is 10.4 Å².